The summed E-state index contributed by atoms with van der Waals surface area (Å²) in [6.45, 7) is -3.03. The van der Waals surface area contributed by atoms with E-state index < -0.39 is 31.2 Å². The standard InChI is InChI=1S/C30H28ClFN8/c1-2-25(18-6-4-3-5-7-18)37-28-20(14-33)16-35-30-23(28)12-21(13-24(30)31)36-29(19-8-11-27(32)34-15-19)26-17-40(39-38-26)22-9-10-22/h3-8,11-13,15-17,22,25,29,36,38-39H,2,9-10H2,1H3,(H,35,37)/i1D3,2D2,29D. The third-order valence-corrected chi connectivity index (χ3v) is 6.98. The Kier molecular flexibility index (Phi) is 5.40. The number of anilines is 2. The van der Waals surface area contributed by atoms with Crippen molar-refractivity contribution in [3.63, 3.8) is 0 Å². The number of benzene rings is 2. The molecule has 0 bridgehead atoms. The molecule has 1 fully saturated rings. The van der Waals surface area contributed by atoms with Gasteiger partial charge in [-0.25, -0.2) is 4.98 Å². The first-order valence-corrected chi connectivity index (χ1v) is 13.0. The number of nitrogens with one attached hydrogen (secondary N) is 4. The highest BCUT2D eigenvalue weighted by Crippen LogP contribution is 2.38. The Morgan fingerprint density at radius 3 is 2.77 bits per heavy atom. The van der Waals surface area contributed by atoms with Gasteiger partial charge in [0.15, 0.2) is 0 Å². The van der Waals surface area contributed by atoms with Crippen molar-refractivity contribution < 1.29 is 12.6 Å². The zero-order valence-electron chi connectivity index (χ0n) is 27.0. The molecule has 2 aromatic carbocycles. The van der Waals surface area contributed by atoms with Crippen molar-refractivity contribution in [1.82, 2.24) is 25.9 Å². The maximum absolute atomic E-state index is 13.8. The maximum Gasteiger partial charge on any atom is 0.212 e. The molecule has 1 aliphatic heterocycles. The molecule has 0 saturated heterocycles. The Bertz CT molecular complexity index is 1850. The summed E-state index contributed by atoms with van der Waals surface area (Å²) in [7, 11) is 0. The molecule has 10 heteroatoms. The maximum atomic E-state index is 13.8. The SMILES string of the molecule is [2H]C(Nc1cc(Cl)c2ncc(C#N)c(NC(c3ccccc3)C([2H])([2H])C([2H])([2H])[2H])c2c1)(C1=CN(C2CC2)NN1)c1ccc(F)nc1. The molecular formula is C30H28ClFN8. The fourth-order valence-corrected chi connectivity index (χ4v) is 4.80. The van der Waals surface area contributed by atoms with Gasteiger partial charge in [0.1, 0.15) is 6.07 Å². The summed E-state index contributed by atoms with van der Waals surface area (Å²) in [5.74, 6) is -0.707. The van der Waals surface area contributed by atoms with Crippen molar-refractivity contribution in [1.29, 1.82) is 5.26 Å². The summed E-state index contributed by atoms with van der Waals surface area (Å²) in [5.41, 5.74) is 7.81. The Hall–Kier alpha value is -4.39. The van der Waals surface area contributed by atoms with E-state index in [1.165, 1.54) is 18.5 Å². The van der Waals surface area contributed by atoms with Gasteiger partial charge in [-0.05, 0) is 48.5 Å². The quantitative estimate of drug-likeness (QED) is 0.176. The fraction of sp³-hybridized carbons (Fsp3) is 0.233. The average molecular weight is 561 g/mol. The van der Waals surface area contributed by atoms with Gasteiger partial charge in [-0.1, -0.05) is 54.9 Å². The molecular weight excluding hydrogens is 527 g/mol. The molecule has 2 aliphatic rings. The Balaban J connectivity index is 1.48. The second-order valence-corrected chi connectivity index (χ2v) is 9.84. The van der Waals surface area contributed by atoms with E-state index in [9.17, 15) is 11.0 Å². The highest BCUT2D eigenvalue weighted by Gasteiger charge is 2.32. The van der Waals surface area contributed by atoms with E-state index in [0.29, 0.717) is 22.5 Å². The van der Waals surface area contributed by atoms with Gasteiger partial charge < -0.3 is 16.1 Å². The second kappa shape index (κ2) is 11.0. The molecule has 1 saturated carbocycles. The third-order valence-electron chi connectivity index (χ3n) is 6.69. The molecule has 0 spiro atoms. The number of hydrazine groups is 2. The van der Waals surface area contributed by atoms with Gasteiger partial charge in [0.25, 0.3) is 0 Å². The van der Waals surface area contributed by atoms with Crippen LogP contribution in [0.5, 0.6) is 0 Å². The minimum absolute atomic E-state index is 0.0207. The Morgan fingerprint density at radius 2 is 2.05 bits per heavy atom. The van der Waals surface area contributed by atoms with Crippen molar-refractivity contribution in [2.75, 3.05) is 10.6 Å². The smallest absolute Gasteiger partial charge is 0.212 e. The van der Waals surface area contributed by atoms with Crippen molar-refractivity contribution in [2.24, 2.45) is 0 Å². The summed E-state index contributed by atoms with van der Waals surface area (Å²) in [6.07, 6.45) is 3.49. The molecule has 8 nitrogen and oxygen atoms in total. The van der Waals surface area contributed by atoms with E-state index in [0.717, 1.165) is 18.9 Å². The molecule has 2 aromatic heterocycles. The Labute approximate surface area is 245 Å². The number of rotatable bonds is 9. The summed E-state index contributed by atoms with van der Waals surface area (Å²) in [5, 5.41) is 18.5. The minimum Gasteiger partial charge on any atom is -0.377 e. The summed E-state index contributed by atoms with van der Waals surface area (Å²) >= 11 is 6.72. The normalized spacial score (nSPS) is 19.8. The zero-order valence-corrected chi connectivity index (χ0v) is 21.8. The zero-order chi connectivity index (χ0) is 32.9. The van der Waals surface area contributed by atoms with E-state index in [1.807, 2.05) is 5.01 Å². The van der Waals surface area contributed by atoms with Crippen LogP contribution >= 0.6 is 11.6 Å². The number of hydrogen-bond acceptors (Lipinski definition) is 8. The topological polar surface area (TPSA) is 101 Å². The number of pyridine rings is 2. The minimum atomic E-state index is -3.03. The van der Waals surface area contributed by atoms with Gasteiger partial charge in [0.2, 0.25) is 5.95 Å². The van der Waals surface area contributed by atoms with Gasteiger partial charge in [-0.15, -0.1) is 5.53 Å². The molecule has 40 heavy (non-hydrogen) atoms. The summed E-state index contributed by atoms with van der Waals surface area (Å²) < 4.78 is 64.6. The summed E-state index contributed by atoms with van der Waals surface area (Å²) in [6, 6.07) is 13.2. The van der Waals surface area contributed by atoms with E-state index in [-0.39, 0.29) is 33.2 Å². The third kappa shape index (κ3) is 5.24. The van der Waals surface area contributed by atoms with E-state index >= 15 is 0 Å². The van der Waals surface area contributed by atoms with Gasteiger partial charge >= 0.3 is 0 Å². The van der Waals surface area contributed by atoms with Crippen LogP contribution in [-0.4, -0.2) is 21.0 Å². The highest BCUT2D eigenvalue weighted by atomic mass is 35.5. The lowest BCUT2D eigenvalue weighted by molar-refractivity contribution is 0.260. The lowest BCUT2D eigenvalue weighted by Gasteiger charge is -2.23. The van der Waals surface area contributed by atoms with Gasteiger partial charge in [-0.2, -0.15) is 9.65 Å². The molecule has 3 heterocycles. The first kappa shape index (κ1) is 19.6. The van der Waals surface area contributed by atoms with Crippen molar-refractivity contribution in [3.8, 4) is 6.07 Å². The van der Waals surface area contributed by atoms with Crippen LogP contribution < -0.4 is 21.6 Å². The average Bonchev–Trinajstić information content (AvgIpc) is 3.75. The van der Waals surface area contributed by atoms with Gasteiger partial charge in [-0.3, -0.25) is 9.99 Å². The number of nitrogens with zero attached hydrogens (tertiary/aromatic N) is 4. The first-order valence-electron chi connectivity index (χ1n) is 15.6. The number of aromatic nitrogens is 2. The van der Waals surface area contributed by atoms with E-state index in [2.05, 4.69) is 37.6 Å². The van der Waals surface area contributed by atoms with Crippen LogP contribution in [0.2, 0.25) is 5.02 Å². The Morgan fingerprint density at radius 1 is 1.20 bits per heavy atom. The van der Waals surface area contributed by atoms with Gasteiger partial charge in [0.05, 0.1) is 40.9 Å². The van der Waals surface area contributed by atoms with Crippen molar-refractivity contribution in [2.45, 2.75) is 44.2 Å². The summed E-state index contributed by atoms with van der Waals surface area (Å²) in [4.78, 5) is 8.11. The second-order valence-electron chi connectivity index (χ2n) is 9.43. The molecule has 2 unspecified atom stereocenters. The predicted molar refractivity (Wildman–Crippen MR) is 154 cm³/mol. The van der Waals surface area contributed by atoms with Crippen molar-refractivity contribution in [3.05, 3.63) is 107 Å². The fourth-order valence-electron chi connectivity index (χ4n) is 4.53. The largest absolute Gasteiger partial charge is 0.377 e. The number of nitriles is 1. The van der Waals surface area contributed by atoms with Crippen LogP contribution in [0.1, 0.15) is 63.0 Å². The predicted octanol–water partition coefficient (Wildman–Crippen LogP) is 6.34. The molecule has 0 amide bonds. The van der Waals surface area contributed by atoms with Crippen LogP contribution in [0, 0.1) is 17.3 Å². The highest BCUT2D eigenvalue weighted by molar-refractivity contribution is 6.35. The molecule has 2 atom stereocenters. The van der Waals surface area contributed by atoms with Crippen LogP contribution in [0.3, 0.4) is 0 Å². The van der Waals surface area contributed by atoms with Crippen LogP contribution in [0.25, 0.3) is 10.9 Å². The number of fused-ring (bicyclic) bond motifs is 1. The van der Waals surface area contributed by atoms with Gasteiger partial charge in [0, 0.05) is 42.6 Å². The van der Waals surface area contributed by atoms with Crippen LogP contribution in [0.4, 0.5) is 15.8 Å². The molecule has 6 rings (SSSR count). The molecule has 4 N–H and O–H groups in total. The number of hydrogen-bond donors (Lipinski definition) is 4. The molecule has 1 aliphatic carbocycles. The monoisotopic (exact) mass is 560 g/mol. The van der Waals surface area contributed by atoms with Crippen LogP contribution in [0.15, 0.2) is 78.9 Å². The van der Waals surface area contributed by atoms with E-state index in [4.69, 9.17) is 18.5 Å². The molecule has 0 radical (unpaired) electrons. The van der Waals surface area contributed by atoms with Crippen LogP contribution in [-0.2, 0) is 0 Å². The number of halogens is 2. The van der Waals surface area contributed by atoms with Crippen molar-refractivity contribution >= 4 is 33.9 Å². The lowest BCUT2D eigenvalue weighted by Crippen LogP contribution is -2.38. The molecule has 202 valence electrons. The lowest BCUT2D eigenvalue weighted by atomic mass is 10.0. The first-order chi connectivity index (χ1) is 21.8. The molecule has 4 aromatic rings. The van der Waals surface area contributed by atoms with E-state index in [1.54, 1.807) is 48.7 Å².